The summed E-state index contributed by atoms with van der Waals surface area (Å²) in [5.41, 5.74) is 6.51. The minimum Gasteiger partial charge on any atom is -0.382 e. The summed E-state index contributed by atoms with van der Waals surface area (Å²) in [6.07, 6.45) is 0. The number of rotatable bonds is 2. The predicted octanol–water partition coefficient (Wildman–Crippen LogP) is 2.01. The first-order valence-electron chi connectivity index (χ1n) is 4.75. The predicted molar refractivity (Wildman–Crippen MR) is 59.8 cm³/mol. The van der Waals surface area contributed by atoms with Gasteiger partial charge >= 0.3 is 0 Å². The summed E-state index contributed by atoms with van der Waals surface area (Å²) >= 11 is 0. The Morgan fingerprint density at radius 2 is 2.24 bits per heavy atom. The molecule has 0 saturated carbocycles. The molecule has 0 fully saturated rings. The van der Waals surface area contributed by atoms with Crippen molar-refractivity contribution in [2.24, 2.45) is 0 Å². The van der Waals surface area contributed by atoms with Crippen LogP contribution in [0.25, 0.3) is 11.3 Å². The van der Waals surface area contributed by atoms with Crippen LogP contribution in [0.4, 0.5) is 15.9 Å². The maximum atomic E-state index is 13.0. The van der Waals surface area contributed by atoms with Crippen molar-refractivity contribution in [1.82, 2.24) is 10.2 Å². The lowest BCUT2D eigenvalue weighted by Crippen LogP contribution is -1.94. The van der Waals surface area contributed by atoms with Crippen molar-refractivity contribution in [3.05, 3.63) is 39.7 Å². The van der Waals surface area contributed by atoms with E-state index in [2.05, 4.69) is 10.2 Å². The number of nitrogens with zero attached hydrogens (tertiary/aromatic N) is 2. The summed E-state index contributed by atoms with van der Waals surface area (Å²) in [4.78, 5) is 10.2. The zero-order chi connectivity index (χ0) is 12.6. The molecule has 0 atom stereocenters. The van der Waals surface area contributed by atoms with Gasteiger partial charge < -0.3 is 5.73 Å². The molecule has 1 aromatic heterocycles. The van der Waals surface area contributed by atoms with E-state index in [0.29, 0.717) is 11.3 Å². The topological polar surface area (TPSA) is 97.8 Å². The first-order chi connectivity index (χ1) is 8.00. The van der Waals surface area contributed by atoms with Crippen molar-refractivity contribution in [1.29, 1.82) is 0 Å². The summed E-state index contributed by atoms with van der Waals surface area (Å²) in [6, 6.07) is 3.35. The minimum absolute atomic E-state index is 0.262. The van der Waals surface area contributed by atoms with Crippen LogP contribution in [0.5, 0.6) is 0 Å². The number of anilines is 1. The van der Waals surface area contributed by atoms with E-state index in [0.717, 1.165) is 12.1 Å². The average molecular weight is 236 g/mol. The third-order valence-electron chi connectivity index (χ3n) is 2.47. The zero-order valence-corrected chi connectivity index (χ0v) is 8.90. The third kappa shape index (κ3) is 1.82. The zero-order valence-electron chi connectivity index (χ0n) is 8.90. The number of aromatic amines is 1. The van der Waals surface area contributed by atoms with Crippen molar-refractivity contribution in [2.45, 2.75) is 6.92 Å². The SMILES string of the molecule is Cc1c(N)n[nH]c1-c1ccc(F)cc1[N+](=O)[O-]. The molecule has 7 heteroatoms. The highest BCUT2D eigenvalue weighted by molar-refractivity contribution is 5.75. The van der Waals surface area contributed by atoms with Crippen LogP contribution in [-0.4, -0.2) is 15.1 Å². The highest BCUT2D eigenvalue weighted by Crippen LogP contribution is 2.32. The van der Waals surface area contributed by atoms with Gasteiger partial charge in [-0.1, -0.05) is 0 Å². The lowest BCUT2D eigenvalue weighted by Gasteiger charge is -2.01. The quantitative estimate of drug-likeness (QED) is 0.615. The van der Waals surface area contributed by atoms with Crippen LogP contribution in [0.2, 0.25) is 0 Å². The molecule has 0 aliphatic carbocycles. The number of halogens is 1. The van der Waals surface area contributed by atoms with Crippen LogP contribution >= 0.6 is 0 Å². The van der Waals surface area contributed by atoms with Crippen molar-refractivity contribution < 1.29 is 9.31 Å². The Balaban J connectivity index is 2.67. The molecule has 0 radical (unpaired) electrons. The van der Waals surface area contributed by atoms with E-state index in [1.165, 1.54) is 6.07 Å². The number of nitrogens with one attached hydrogen (secondary N) is 1. The van der Waals surface area contributed by atoms with Crippen molar-refractivity contribution in [3.63, 3.8) is 0 Å². The number of aromatic nitrogens is 2. The number of benzene rings is 1. The molecular weight excluding hydrogens is 227 g/mol. The molecular formula is C10H9FN4O2. The first kappa shape index (κ1) is 11.1. The van der Waals surface area contributed by atoms with Gasteiger partial charge in [-0.2, -0.15) is 5.10 Å². The highest BCUT2D eigenvalue weighted by atomic mass is 19.1. The van der Waals surface area contributed by atoms with Gasteiger partial charge in [0.25, 0.3) is 5.69 Å². The molecule has 1 heterocycles. The molecule has 0 aliphatic rings. The van der Waals surface area contributed by atoms with Gasteiger partial charge in [0.1, 0.15) is 11.6 Å². The van der Waals surface area contributed by atoms with E-state index in [1.54, 1.807) is 6.92 Å². The van der Waals surface area contributed by atoms with E-state index >= 15 is 0 Å². The number of hydrogen-bond acceptors (Lipinski definition) is 4. The highest BCUT2D eigenvalue weighted by Gasteiger charge is 2.20. The summed E-state index contributed by atoms with van der Waals surface area (Å²) in [6.45, 7) is 1.68. The molecule has 0 spiro atoms. The second kappa shape index (κ2) is 3.85. The molecule has 2 aromatic rings. The average Bonchev–Trinajstić information content (AvgIpc) is 2.60. The Bertz CT molecular complexity index is 594. The summed E-state index contributed by atoms with van der Waals surface area (Å²) < 4.78 is 13.0. The summed E-state index contributed by atoms with van der Waals surface area (Å²) in [7, 11) is 0. The fourth-order valence-electron chi connectivity index (χ4n) is 1.54. The van der Waals surface area contributed by atoms with Crippen LogP contribution < -0.4 is 5.73 Å². The number of nitro benzene ring substituents is 1. The maximum absolute atomic E-state index is 13.0. The molecule has 0 bridgehead atoms. The van der Waals surface area contributed by atoms with Gasteiger partial charge in [-0.15, -0.1) is 0 Å². The molecule has 3 N–H and O–H groups in total. The number of nitro groups is 1. The van der Waals surface area contributed by atoms with Crippen LogP contribution in [0.1, 0.15) is 5.56 Å². The Morgan fingerprint density at radius 3 is 2.76 bits per heavy atom. The smallest absolute Gasteiger partial charge is 0.281 e. The fourth-order valence-corrected chi connectivity index (χ4v) is 1.54. The normalized spacial score (nSPS) is 10.5. The molecule has 0 unspecified atom stereocenters. The Kier molecular flexibility index (Phi) is 2.51. The number of H-pyrrole nitrogens is 1. The van der Waals surface area contributed by atoms with Crippen LogP contribution in [0, 0.1) is 22.9 Å². The lowest BCUT2D eigenvalue weighted by atomic mass is 10.1. The summed E-state index contributed by atoms with van der Waals surface area (Å²) in [5, 5.41) is 17.2. The van der Waals surface area contributed by atoms with Crippen molar-refractivity contribution in [2.75, 3.05) is 5.73 Å². The van der Waals surface area contributed by atoms with Gasteiger partial charge in [0.05, 0.1) is 22.2 Å². The number of nitrogens with two attached hydrogens (primary N) is 1. The molecule has 0 aliphatic heterocycles. The minimum atomic E-state index is -0.661. The van der Waals surface area contributed by atoms with Crippen LogP contribution in [0.3, 0.4) is 0 Å². The van der Waals surface area contributed by atoms with Crippen molar-refractivity contribution in [3.8, 4) is 11.3 Å². The Morgan fingerprint density at radius 1 is 1.53 bits per heavy atom. The molecule has 1 aromatic carbocycles. The molecule has 88 valence electrons. The fraction of sp³-hybridized carbons (Fsp3) is 0.100. The molecule has 17 heavy (non-hydrogen) atoms. The monoisotopic (exact) mass is 236 g/mol. The number of hydrogen-bond donors (Lipinski definition) is 2. The van der Waals surface area contributed by atoms with Crippen LogP contribution in [-0.2, 0) is 0 Å². The van der Waals surface area contributed by atoms with E-state index in [4.69, 9.17) is 5.73 Å². The Labute approximate surface area is 95.4 Å². The third-order valence-corrected chi connectivity index (χ3v) is 2.47. The van der Waals surface area contributed by atoms with Gasteiger partial charge in [0.2, 0.25) is 0 Å². The second-order valence-electron chi connectivity index (χ2n) is 3.53. The first-order valence-corrected chi connectivity index (χ1v) is 4.75. The van der Waals surface area contributed by atoms with E-state index < -0.39 is 10.7 Å². The van der Waals surface area contributed by atoms with E-state index in [1.807, 2.05) is 0 Å². The van der Waals surface area contributed by atoms with Gasteiger partial charge in [0.15, 0.2) is 0 Å². The van der Waals surface area contributed by atoms with Gasteiger partial charge in [-0.05, 0) is 19.1 Å². The Hall–Kier alpha value is -2.44. The molecule has 0 saturated heterocycles. The van der Waals surface area contributed by atoms with Crippen LogP contribution in [0.15, 0.2) is 18.2 Å². The molecule has 2 rings (SSSR count). The second-order valence-corrected chi connectivity index (χ2v) is 3.53. The largest absolute Gasteiger partial charge is 0.382 e. The van der Waals surface area contributed by atoms with Gasteiger partial charge in [0, 0.05) is 5.56 Å². The number of nitrogen functional groups attached to an aromatic ring is 1. The summed E-state index contributed by atoms with van der Waals surface area (Å²) in [5.74, 6) is -0.399. The van der Waals surface area contributed by atoms with E-state index in [9.17, 15) is 14.5 Å². The lowest BCUT2D eigenvalue weighted by molar-refractivity contribution is -0.384. The van der Waals surface area contributed by atoms with Crippen molar-refractivity contribution >= 4 is 11.5 Å². The molecule has 6 nitrogen and oxygen atoms in total. The van der Waals surface area contributed by atoms with E-state index in [-0.39, 0.29) is 17.1 Å². The van der Waals surface area contributed by atoms with Gasteiger partial charge in [-0.25, -0.2) is 4.39 Å². The van der Waals surface area contributed by atoms with Gasteiger partial charge in [-0.3, -0.25) is 15.2 Å². The standard InChI is InChI=1S/C10H9FN4O2/c1-5-9(13-14-10(5)12)7-3-2-6(11)4-8(7)15(16)17/h2-4H,1H3,(H3,12,13,14). The molecule has 0 amide bonds. The maximum Gasteiger partial charge on any atom is 0.281 e.